The Morgan fingerprint density at radius 1 is 0.652 bits per heavy atom. The van der Waals surface area contributed by atoms with Gasteiger partial charge in [0.2, 0.25) is 0 Å². The first-order valence-corrected chi connectivity index (χ1v) is 24.3. The summed E-state index contributed by atoms with van der Waals surface area (Å²) in [7, 11) is 0. The van der Waals surface area contributed by atoms with E-state index in [0.717, 1.165) is 19.3 Å². The molecule has 19 heteroatoms. The van der Waals surface area contributed by atoms with Gasteiger partial charge in [0, 0.05) is 0 Å². The highest BCUT2D eigenvalue weighted by molar-refractivity contribution is 5.22. The van der Waals surface area contributed by atoms with Crippen LogP contribution in [0.3, 0.4) is 0 Å². The van der Waals surface area contributed by atoms with E-state index in [1.165, 1.54) is 0 Å². The maximum absolute atomic E-state index is 12.5. The van der Waals surface area contributed by atoms with Crippen molar-refractivity contribution in [3.63, 3.8) is 0 Å². The van der Waals surface area contributed by atoms with E-state index in [1.807, 2.05) is 13.8 Å². The molecule has 0 unspecified atom stereocenters. The lowest BCUT2D eigenvalue weighted by Gasteiger charge is -2.72. The predicted molar refractivity (Wildman–Crippen MR) is 228 cm³/mol. The van der Waals surface area contributed by atoms with Gasteiger partial charge in [-0.15, -0.1) is 0 Å². The molecule has 66 heavy (non-hydrogen) atoms. The minimum Gasteiger partial charge on any atom is -0.394 e. The van der Waals surface area contributed by atoms with E-state index in [2.05, 4.69) is 27.7 Å². The summed E-state index contributed by atoms with van der Waals surface area (Å²) in [6.07, 6.45) is -20.0. The van der Waals surface area contributed by atoms with Gasteiger partial charge >= 0.3 is 0 Å². The molecule has 4 heterocycles. The Labute approximate surface area is 387 Å². The topological polar surface area (TPSA) is 307 Å². The maximum Gasteiger partial charge on any atom is 0.187 e. The van der Waals surface area contributed by atoms with E-state index < -0.39 is 157 Å². The molecule has 0 radical (unpaired) electrons. The maximum atomic E-state index is 12.5. The van der Waals surface area contributed by atoms with Crippen molar-refractivity contribution < 1.29 is 94.4 Å². The van der Waals surface area contributed by atoms with E-state index in [4.69, 9.17) is 33.2 Å². The highest BCUT2D eigenvalue weighted by Crippen LogP contribution is 2.76. The Hall–Kier alpha value is -0.760. The normalized spacial score (nSPS) is 56.4. The number of aliphatic hydroxyl groups excluding tert-OH is 11. The molecule has 0 bridgehead atoms. The van der Waals surface area contributed by atoms with Crippen molar-refractivity contribution in [1.29, 1.82) is 0 Å². The molecule has 0 aromatic rings. The van der Waals surface area contributed by atoms with Gasteiger partial charge in [-0.05, 0) is 117 Å². The average molecular weight is 949 g/mol. The Kier molecular flexibility index (Phi) is 14.1. The van der Waals surface area contributed by atoms with Crippen molar-refractivity contribution in [2.45, 2.75) is 228 Å². The van der Waals surface area contributed by atoms with Gasteiger partial charge in [-0.3, -0.25) is 0 Å². The second kappa shape index (κ2) is 18.1. The molecule has 8 fully saturated rings. The van der Waals surface area contributed by atoms with Crippen molar-refractivity contribution >= 4 is 0 Å². The fourth-order valence-electron chi connectivity index (χ4n) is 15.2. The largest absolute Gasteiger partial charge is 0.394 e. The minimum atomic E-state index is -1.82. The van der Waals surface area contributed by atoms with Gasteiger partial charge < -0.3 is 94.4 Å². The van der Waals surface area contributed by atoms with Crippen LogP contribution in [0.5, 0.6) is 0 Å². The number of hydrogen-bond donors (Lipinski definition) is 12. The highest BCUT2D eigenvalue weighted by Gasteiger charge is 2.74. The number of hydrogen-bond acceptors (Lipinski definition) is 19. The van der Waals surface area contributed by atoms with Crippen LogP contribution in [-0.2, 0) is 33.2 Å². The van der Waals surface area contributed by atoms with Crippen LogP contribution in [0.2, 0.25) is 0 Å². The molecule has 26 atom stereocenters. The highest BCUT2D eigenvalue weighted by atomic mass is 16.8. The zero-order valence-corrected chi connectivity index (χ0v) is 39.7. The molecule has 4 saturated heterocycles. The van der Waals surface area contributed by atoms with Gasteiger partial charge in [-0.1, -0.05) is 34.6 Å². The van der Waals surface area contributed by atoms with Crippen LogP contribution < -0.4 is 0 Å². The molecule has 4 aliphatic heterocycles. The van der Waals surface area contributed by atoms with Crippen molar-refractivity contribution in [2.75, 3.05) is 19.8 Å². The summed E-state index contributed by atoms with van der Waals surface area (Å²) in [6, 6.07) is 0. The van der Waals surface area contributed by atoms with Gasteiger partial charge in [0.25, 0.3) is 0 Å². The SMILES string of the molecule is CC(C)(O)[C@@H]1CC[C@@](C)([C@H]2CC[C@]3(C)[C@@H]2[C@H](O)C[C@@H]2[C@@]4(C)CC[C@H](O)C(C)(C)[C@@H]4[C@@H](O[C@@H]4O[C@H](CO[C@H]5O[C@H](CO)[C@@H](O)[C@H](O)[C@H]5O)[C@@H](O)[C@H](O)[C@H]4O[C@@H]4OC[C@@H](O)[C@H](O)[C@H]4O)C[C@]23C)O1. The van der Waals surface area contributed by atoms with Crippen LogP contribution in [0.15, 0.2) is 0 Å². The second-order valence-corrected chi connectivity index (χ2v) is 23.6. The Balaban J connectivity index is 1.14. The summed E-state index contributed by atoms with van der Waals surface area (Å²) in [5.41, 5.74) is -3.84. The fraction of sp³-hybridized carbons (Fsp3) is 1.00. The lowest BCUT2D eigenvalue weighted by atomic mass is 9.34. The van der Waals surface area contributed by atoms with Crippen molar-refractivity contribution in [3.8, 4) is 0 Å². The zero-order chi connectivity index (χ0) is 48.4. The summed E-state index contributed by atoms with van der Waals surface area (Å²) >= 11 is 0. The summed E-state index contributed by atoms with van der Waals surface area (Å²) in [6.45, 7) is 14.8. The monoisotopic (exact) mass is 949 g/mol. The zero-order valence-electron chi connectivity index (χ0n) is 39.7. The molecule has 8 aliphatic rings. The van der Waals surface area contributed by atoms with E-state index >= 15 is 0 Å². The molecule has 0 aromatic heterocycles. The molecule has 0 aromatic carbocycles. The predicted octanol–water partition coefficient (Wildman–Crippen LogP) is -1.21. The van der Waals surface area contributed by atoms with Gasteiger partial charge in [0.1, 0.15) is 67.1 Å². The first-order valence-electron chi connectivity index (χ1n) is 24.3. The Morgan fingerprint density at radius 3 is 1.95 bits per heavy atom. The third kappa shape index (κ3) is 8.26. The van der Waals surface area contributed by atoms with Crippen molar-refractivity contribution in [3.05, 3.63) is 0 Å². The molecular formula is C47H80O19. The number of ether oxygens (including phenoxy) is 7. The first-order chi connectivity index (χ1) is 30.6. The number of rotatable bonds is 10. The average Bonchev–Trinajstić information content (AvgIpc) is 3.85. The lowest BCUT2D eigenvalue weighted by Crippen LogP contribution is -2.71. The van der Waals surface area contributed by atoms with Gasteiger partial charge in [0.05, 0.1) is 55.4 Å². The first kappa shape index (κ1) is 51.6. The van der Waals surface area contributed by atoms with Gasteiger partial charge in [-0.2, -0.15) is 0 Å². The van der Waals surface area contributed by atoms with Crippen LogP contribution in [0, 0.1) is 45.3 Å². The van der Waals surface area contributed by atoms with Gasteiger partial charge in [0.15, 0.2) is 18.9 Å². The molecule has 19 nitrogen and oxygen atoms in total. The van der Waals surface area contributed by atoms with Gasteiger partial charge in [-0.25, -0.2) is 0 Å². The molecule has 12 N–H and O–H groups in total. The van der Waals surface area contributed by atoms with Crippen LogP contribution in [0.4, 0.5) is 0 Å². The summed E-state index contributed by atoms with van der Waals surface area (Å²) in [4.78, 5) is 0. The van der Waals surface area contributed by atoms with Crippen LogP contribution in [-0.4, -0.2) is 203 Å². The smallest absolute Gasteiger partial charge is 0.187 e. The number of aliphatic hydroxyl groups is 12. The second-order valence-electron chi connectivity index (χ2n) is 23.6. The lowest BCUT2D eigenvalue weighted by molar-refractivity contribution is -0.381. The molecule has 8 rings (SSSR count). The van der Waals surface area contributed by atoms with E-state index in [9.17, 15) is 61.3 Å². The molecule has 382 valence electrons. The van der Waals surface area contributed by atoms with Crippen molar-refractivity contribution in [1.82, 2.24) is 0 Å². The van der Waals surface area contributed by atoms with E-state index in [1.54, 1.807) is 13.8 Å². The molecule has 4 aliphatic carbocycles. The Bertz CT molecular complexity index is 1700. The van der Waals surface area contributed by atoms with Crippen LogP contribution >= 0.6 is 0 Å². The Morgan fingerprint density at radius 2 is 1.30 bits per heavy atom. The summed E-state index contributed by atoms with van der Waals surface area (Å²) in [5, 5.41) is 132. The van der Waals surface area contributed by atoms with Crippen LogP contribution in [0.1, 0.15) is 107 Å². The third-order valence-corrected chi connectivity index (χ3v) is 19.1. The molecule has 4 saturated carbocycles. The fourth-order valence-corrected chi connectivity index (χ4v) is 15.2. The molecule has 0 spiro atoms. The van der Waals surface area contributed by atoms with E-state index in [0.29, 0.717) is 32.1 Å². The summed E-state index contributed by atoms with van der Waals surface area (Å²) in [5.74, 6) is -0.566. The van der Waals surface area contributed by atoms with Crippen molar-refractivity contribution in [2.24, 2.45) is 45.3 Å². The molecule has 0 amide bonds. The summed E-state index contributed by atoms with van der Waals surface area (Å²) < 4.78 is 43.6. The molecular weight excluding hydrogens is 868 g/mol. The standard InChI is InChI=1S/C47H80O19/c1-42(2)27(51)10-12-44(5)26-15-21(49)29-20(47(8)14-11-28(66-47)43(3,4)59)9-13-45(29,6)46(26,7)16-23(38(42)44)62-41-37(65-40-35(57)30(52)22(50)18-60-40)34(56)32(54)25(64-41)19-61-39-36(58)33(55)31(53)24(17-48)63-39/h20-41,48-59H,9-19H2,1-8H3/t20-,21+,22+,23-,24+,25+,26+,27-,28-,29-,30-,31+,32+,33-,34-,35+,36+,37+,38-,39-,40-,41+,44+,45+,46+,47-/m0/s1. The van der Waals surface area contributed by atoms with Crippen LogP contribution in [0.25, 0.3) is 0 Å². The van der Waals surface area contributed by atoms with E-state index in [-0.39, 0.29) is 29.8 Å². The minimum absolute atomic E-state index is 0.00604. The third-order valence-electron chi connectivity index (χ3n) is 19.1. The number of fused-ring (bicyclic) bond motifs is 5. The quantitative estimate of drug-likeness (QED) is 0.114.